The third-order valence-electron chi connectivity index (χ3n) is 5.24. The van der Waals surface area contributed by atoms with E-state index in [4.69, 9.17) is 4.74 Å². The van der Waals surface area contributed by atoms with Gasteiger partial charge in [0.05, 0.1) is 12.4 Å². The lowest BCUT2D eigenvalue weighted by Gasteiger charge is -2.25. The Balaban J connectivity index is 1.62. The molecular weight excluding hydrogens is 403 g/mol. The zero-order valence-corrected chi connectivity index (χ0v) is 18.3. The molecule has 2 unspecified atom stereocenters. The second kappa shape index (κ2) is 9.98. The van der Waals surface area contributed by atoms with Crippen molar-refractivity contribution in [2.75, 3.05) is 27.2 Å². The topological polar surface area (TPSA) is 49.9 Å². The van der Waals surface area contributed by atoms with Crippen LogP contribution in [0.4, 0.5) is 4.39 Å². The Morgan fingerprint density at radius 1 is 1.17 bits per heavy atom. The number of carbonyl (C=O) groups excluding carboxylic acids is 2. The molecule has 1 aliphatic heterocycles. The minimum atomic E-state index is -0.366. The highest BCUT2D eigenvalue weighted by atomic mass is 32.2. The lowest BCUT2D eigenvalue weighted by Crippen LogP contribution is -2.35. The van der Waals surface area contributed by atoms with Crippen molar-refractivity contribution in [3.8, 4) is 5.75 Å². The van der Waals surface area contributed by atoms with Crippen molar-refractivity contribution in [1.29, 1.82) is 0 Å². The largest absolute Gasteiger partial charge is 0.497 e. The fourth-order valence-electron chi connectivity index (χ4n) is 3.51. The Hall–Kier alpha value is -2.54. The van der Waals surface area contributed by atoms with Crippen molar-refractivity contribution in [3.63, 3.8) is 0 Å². The molecule has 2 amide bonds. The molecule has 0 aliphatic carbocycles. The molecule has 1 heterocycles. The van der Waals surface area contributed by atoms with Gasteiger partial charge in [-0.1, -0.05) is 19.1 Å². The molecule has 0 radical (unpaired) electrons. The highest BCUT2D eigenvalue weighted by Gasteiger charge is 2.39. The quantitative estimate of drug-likeness (QED) is 0.625. The van der Waals surface area contributed by atoms with E-state index in [0.29, 0.717) is 25.1 Å². The Bertz CT molecular complexity index is 873. The number of benzene rings is 2. The first-order chi connectivity index (χ1) is 14.4. The third-order valence-corrected chi connectivity index (χ3v) is 6.88. The Morgan fingerprint density at radius 2 is 1.83 bits per heavy atom. The monoisotopic (exact) mass is 430 g/mol. The molecule has 0 bridgehead atoms. The minimum absolute atomic E-state index is 0.0357. The van der Waals surface area contributed by atoms with E-state index in [1.165, 1.54) is 24.3 Å². The van der Waals surface area contributed by atoms with E-state index in [2.05, 4.69) is 0 Å². The van der Waals surface area contributed by atoms with E-state index >= 15 is 0 Å². The lowest BCUT2D eigenvalue weighted by molar-refractivity contribution is -0.130. The maximum absolute atomic E-state index is 13.1. The van der Waals surface area contributed by atoms with Gasteiger partial charge in [0.2, 0.25) is 5.91 Å². The van der Waals surface area contributed by atoms with Crippen molar-refractivity contribution < 1.29 is 18.7 Å². The van der Waals surface area contributed by atoms with Crippen LogP contribution in [0.15, 0.2) is 48.5 Å². The summed E-state index contributed by atoms with van der Waals surface area (Å²) >= 11 is 1.68. The van der Waals surface area contributed by atoms with Crippen LogP contribution in [0.2, 0.25) is 0 Å². The zero-order valence-electron chi connectivity index (χ0n) is 17.5. The van der Waals surface area contributed by atoms with Gasteiger partial charge < -0.3 is 14.5 Å². The first-order valence-corrected chi connectivity index (χ1v) is 11.0. The molecular formula is C23H27FN2O3S. The highest BCUT2D eigenvalue weighted by Crippen LogP contribution is 2.44. The minimum Gasteiger partial charge on any atom is -0.497 e. The number of nitrogens with zero attached hydrogens (tertiary/aromatic N) is 2. The molecule has 2 aromatic rings. The zero-order chi connectivity index (χ0) is 21.7. The Morgan fingerprint density at radius 3 is 2.43 bits per heavy atom. The molecule has 0 saturated carbocycles. The summed E-state index contributed by atoms with van der Waals surface area (Å²) in [5.74, 6) is 0.410. The average molecular weight is 431 g/mol. The van der Waals surface area contributed by atoms with Crippen LogP contribution in [0.25, 0.3) is 0 Å². The summed E-state index contributed by atoms with van der Waals surface area (Å²) in [6, 6.07) is 13.4. The number of hydrogen-bond donors (Lipinski definition) is 0. The fourth-order valence-corrected chi connectivity index (χ4v) is 4.93. The van der Waals surface area contributed by atoms with Crippen molar-refractivity contribution in [2.24, 2.45) is 0 Å². The van der Waals surface area contributed by atoms with Crippen LogP contribution < -0.4 is 4.74 Å². The smallest absolute Gasteiger partial charge is 0.253 e. The number of halogens is 1. The van der Waals surface area contributed by atoms with Gasteiger partial charge in [0, 0.05) is 25.7 Å². The third kappa shape index (κ3) is 4.95. The first kappa shape index (κ1) is 22.2. The molecule has 2 aromatic carbocycles. The van der Waals surface area contributed by atoms with E-state index in [-0.39, 0.29) is 28.3 Å². The first-order valence-electron chi connectivity index (χ1n) is 10.1. The van der Waals surface area contributed by atoms with E-state index in [1.807, 2.05) is 36.1 Å². The summed E-state index contributed by atoms with van der Waals surface area (Å²) in [6.07, 6.45) is 1.45. The number of rotatable bonds is 8. The van der Waals surface area contributed by atoms with Gasteiger partial charge in [0.25, 0.3) is 5.91 Å². The summed E-state index contributed by atoms with van der Waals surface area (Å²) in [4.78, 5) is 28.9. The number of methoxy groups -OCH3 is 1. The second-order valence-electron chi connectivity index (χ2n) is 7.28. The predicted molar refractivity (Wildman–Crippen MR) is 117 cm³/mol. The lowest BCUT2D eigenvalue weighted by atomic mass is 10.1. The summed E-state index contributed by atoms with van der Waals surface area (Å²) in [6.45, 7) is 3.11. The average Bonchev–Trinajstić information content (AvgIpc) is 3.09. The SMILES string of the molecule is CCC1SC(c2ccc(OC)cc2)N(CCCN(C)C(=O)c2ccc(F)cc2)C1=O. The number of carbonyl (C=O) groups is 2. The molecule has 3 rings (SSSR count). The molecule has 2 atom stereocenters. The van der Waals surface area contributed by atoms with Gasteiger partial charge in [0.15, 0.2) is 0 Å². The van der Waals surface area contributed by atoms with Gasteiger partial charge in [-0.2, -0.15) is 0 Å². The van der Waals surface area contributed by atoms with E-state index in [0.717, 1.165) is 17.7 Å². The van der Waals surface area contributed by atoms with E-state index in [9.17, 15) is 14.0 Å². The van der Waals surface area contributed by atoms with Crippen molar-refractivity contribution in [1.82, 2.24) is 9.80 Å². The molecule has 0 aromatic heterocycles. The van der Waals surface area contributed by atoms with Crippen LogP contribution >= 0.6 is 11.8 Å². The molecule has 0 N–H and O–H groups in total. The molecule has 1 aliphatic rings. The van der Waals surface area contributed by atoms with Crippen LogP contribution in [0.5, 0.6) is 5.75 Å². The van der Waals surface area contributed by atoms with Gasteiger partial charge in [-0.05, 0) is 54.8 Å². The van der Waals surface area contributed by atoms with Crippen LogP contribution in [0.1, 0.15) is 41.1 Å². The molecule has 30 heavy (non-hydrogen) atoms. The summed E-state index contributed by atoms with van der Waals surface area (Å²) < 4.78 is 18.3. The number of thioether (sulfide) groups is 1. The summed E-state index contributed by atoms with van der Waals surface area (Å²) in [5, 5.41) is -0.0814. The summed E-state index contributed by atoms with van der Waals surface area (Å²) in [5.41, 5.74) is 1.52. The standard InChI is InChI=1S/C23H27FN2O3S/c1-4-20-22(28)26(23(30-20)17-8-12-19(29-3)13-9-17)15-5-14-25(2)21(27)16-6-10-18(24)11-7-16/h6-13,20,23H,4-5,14-15H2,1-3H3. The predicted octanol–water partition coefficient (Wildman–Crippen LogP) is 4.35. The van der Waals surface area contributed by atoms with Gasteiger partial charge in [0.1, 0.15) is 16.9 Å². The Kier molecular flexibility index (Phi) is 7.37. The van der Waals surface area contributed by atoms with Gasteiger partial charge >= 0.3 is 0 Å². The van der Waals surface area contributed by atoms with Gasteiger partial charge in [-0.15, -0.1) is 11.8 Å². The molecule has 5 nitrogen and oxygen atoms in total. The van der Waals surface area contributed by atoms with Crippen LogP contribution in [-0.4, -0.2) is 54.1 Å². The van der Waals surface area contributed by atoms with Crippen LogP contribution in [0, 0.1) is 5.82 Å². The molecule has 0 spiro atoms. The second-order valence-corrected chi connectivity index (χ2v) is 8.57. The number of hydrogen-bond acceptors (Lipinski definition) is 4. The van der Waals surface area contributed by atoms with Crippen LogP contribution in [0.3, 0.4) is 0 Å². The van der Waals surface area contributed by atoms with Crippen molar-refractivity contribution in [2.45, 2.75) is 30.4 Å². The Labute approximate surface area is 181 Å². The normalized spacial score (nSPS) is 18.5. The fraction of sp³-hybridized carbons (Fsp3) is 0.391. The van der Waals surface area contributed by atoms with Gasteiger partial charge in [-0.3, -0.25) is 9.59 Å². The van der Waals surface area contributed by atoms with Crippen LogP contribution in [-0.2, 0) is 4.79 Å². The maximum atomic E-state index is 13.1. The molecule has 160 valence electrons. The maximum Gasteiger partial charge on any atom is 0.253 e. The highest BCUT2D eigenvalue weighted by molar-refractivity contribution is 8.01. The number of amides is 2. The van der Waals surface area contributed by atoms with Gasteiger partial charge in [-0.25, -0.2) is 4.39 Å². The summed E-state index contributed by atoms with van der Waals surface area (Å²) in [7, 11) is 3.36. The molecule has 1 fully saturated rings. The van der Waals surface area contributed by atoms with Crippen molar-refractivity contribution >= 4 is 23.6 Å². The number of ether oxygens (including phenoxy) is 1. The van der Waals surface area contributed by atoms with Crippen molar-refractivity contribution in [3.05, 3.63) is 65.5 Å². The van der Waals surface area contributed by atoms with E-state index < -0.39 is 0 Å². The van der Waals surface area contributed by atoms with E-state index in [1.54, 1.807) is 30.8 Å². The molecule has 7 heteroatoms. The molecule has 1 saturated heterocycles.